The molecule has 1 saturated carbocycles. The molecule has 0 saturated heterocycles. The molecule has 0 aromatic heterocycles. The van der Waals surface area contributed by atoms with Gasteiger partial charge in [-0.2, -0.15) is 0 Å². The van der Waals surface area contributed by atoms with Crippen molar-refractivity contribution in [2.45, 2.75) is 71.1 Å². The molecule has 41 heavy (non-hydrogen) atoms. The number of aldehydes is 1. The number of fused-ring (bicyclic) bond motifs is 1. The van der Waals surface area contributed by atoms with E-state index in [1.54, 1.807) is 6.08 Å². The molecule has 1 heterocycles. The lowest BCUT2D eigenvalue weighted by molar-refractivity contribution is -0.133. The maximum Gasteiger partial charge on any atom is 0.318 e. The Labute approximate surface area is 244 Å². The average Bonchev–Trinajstić information content (AvgIpc) is 3.12. The molecule has 5 rings (SSSR count). The number of ketones is 1. The van der Waals surface area contributed by atoms with E-state index in [1.165, 1.54) is 16.7 Å². The highest BCUT2D eigenvalue weighted by atomic mass is 16.5. The highest BCUT2D eigenvalue weighted by Gasteiger charge is 2.29. The monoisotopic (exact) mass is 548 g/mol. The molecule has 2 aliphatic carbocycles. The van der Waals surface area contributed by atoms with Crippen molar-refractivity contribution in [3.8, 4) is 5.75 Å². The van der Waals surface area contributed by atoms with Gasteiger partial charge >= 0.3 is 5.97 Å². The zero-order valence-electron chi connectivity index (χ0n) is 24.4. The molecule has 2 aromatic carbocycles. The van der Waals surface area contributed by atoms with E-state index in [4.69, 9.17) is 4.74 Å². The third-order valence-electron chi connectivity index (χ3n) is 8.15. The van der Waals surface area contributed by atoms with Crippen LogP contribution in [0.3, 0.4) is 0 Å². The van der Waals surface area contributed by atoms with Crippen LogP contribution < -0.4 is 4.74 Å². The number of hydrogen-bond acceptors (Lipinski definition) is 4. The lowest BCUT2D eigenvalue weighted by atomic mass is 9.76. The fourth-order valence-electron chi connectivity index (χ4n) is 5.69. The van der Waals surface area contributed by atoms with Crippen molar-refractivity contribution >= 4 is 18.0 Å². The van der Waals surface area contributed by atoms with Crippen LogP contribution in [0.15, 0.2) is 96.7 Å². The quantitative estimate of drug-likeness (QED) is 0.150. The normalized spacial score (nSPS) is 21.5. The molecule has 0 bridgehead atoms. The summed E-state index contributed by atoms with van der Waals surface area (Å²) in [6, 6.07) is 12.0. The van der Waals surface area contributed by atoms with Gasteiger partial charge in [0.25, 0.3) is 0 Å². The zero-order valence-corrected chi connectivity index (χ0v) is 24.4. The van der Waals surface area contributed by atoms with Gasteiger partial charge in [-0.15, -0.1) is 0 Å². The van der Waals surface area contributed by atoms with E-state index in [1.807, 2.05) is 63.3 Å². The first-order valence-electron chi connectivity index (χ1n) is 14.6. The summed E-state index contributed by atoms with van der Waals surface area (Å²) in [5.74, 6) is 1.32. The van der Waals surface area contributed by atoms with Crippen molar-refractivity contribution in [2.75, 3.05) is 0 Å². The molecule has 1 atom stereocenters. The van der Waals surface area contributed by atoms with Crippen molar-refractivity contribution in [1.82, 2.24) is 0 Å². The second-order valence-corrected chi connectivity index (χ2v) is 11.3. The van der Waals surface area contributed by atoms with Crippen LogP contribution in [0.1, 0.15) is 89.9 Å². The predicted octanol–water partition coefficient (Wildman–Crippen LogP) is 8.61. The first-order chi connectivity index (χ1) is 19.8. The van der Waals surface area contributed by atoms with E-state index in [0.717, 1.165) is 72.8 Å². The standard InChI is InChI=1S/C27H30O2.C10H10O2/c1-3-21-6-4-7-22(11-10-21)8-5-9-27(29)25-14-12-24(13-15-25)26-17-20(2)16-23(18-26)19-28;1-6-3-4-8-7(2)10(11)12-9(8)5-6/h3-5,7,9-11,16-19,24-25H,1,6,8,12-15H2,2H3;3-5,7H,1-2H3/b9-5-;. The number of rotatable bonds is 7. The molecule has 3 aliphatic rings. The van der Waals surface area contributed by atoms with Gasteiger partial charge < -0.3 is 4.74 Å². The van der Waals surface area contributed by atoms with E-state index in [9.17, 15) is 14.4 Å². The lowest BCUT2D eigenvalue weighted by Gasteiger charge is -2.27. The first-order valence-corrected chi connectivity index (χ1v) is 14.6. The first kappa shape index (κ1) is 29.9. The molecular formula is C37H40O4. The summed E-state index contributed by atoms with van der Waals surface area (Å²) in [7, 11) is 0. The fourth-order valence-corrected chi connectivity index (χ4v) is 5.69. The minimum Gasteiger partial charge on any atom is -0.426 e. The van der Waals surface area contributed by atoms with Gasteiger partial charge in [-0.05, 0) is 112 Å². The highest BCUT2D eigenvalue weighted by Crippen LogP contribution is 2.37. The van der Waals surface area contributed by atoms with Crippen LogP contribution in [-0.4, -0.2) is 18.0 Å². The third-order valence-corrected chi connectivity index (χ3v) is 8.15. The number of carbonyl (C=O) groups is 3. The van der Waals surface area contributed by atoms with E-state index < -0.39 is 0 Å². The number of carbonyl (C=O) groups excluding carboxylic acids is 3. The van der Waals surface area contributed by atoms with Crippen LogP contribution in [0.2, 0.25) is 0 Å². The topological polar surface area (TPSA) is 60.4 Å². The smallest absolute Gasteiger partial charge is 0.318 e. The van der Waals surface area contributed by atoms with E-state index in [-0.39, 0.29) is 23.6 Å². The molecule has 1 fully saturated rings. The van der Waals surface area contributed by atoms with Crippen molar-refractivity contribution < 1.29 is 19.1 Å². The van der Waals surface area contributed by atoms with E-state index >= 15 is 0 Å². The second kappa shape index (κ2) is 14.0. The molecule has 0 N–H and O–H groups in total. The summed E-state index contributed by atoms with van der Waals surface area (Å²) in [5, 5.41) is 0. The van der Waals surface area contributed by atoms with Gasteiger partial charge in [0.05, 0.1) is 5.92 Å². The number of esters is 1. The minimum atomic E-state index is -0.143. The van der Waals surface area contributed by atoms with Gasteiger partial charge in [-0.1, -0.05) is 66.8 Å². The molecule has 0 amide bonds. The molecule has 4 nitrogen and oxygen atoms in total. The van der Waals surface area contributed by atoms with Crippen molar-refractivity contribution in [3.63, 3.8) is 0 Å². The summed E-state index contributed by atoms with van der Waals surface area (Å²) in [6.45, 7) is 9.70. The second-order valence-electron chi connectivity index (χ2n) is 11.3. The van der Waals surface area contributed by atoms with Crippen molar-refractivity contribution in [1.29, 1.82) is 0 Å². The van der Waals surface area contributed by atoms with Gasteiger partial charge in [0.2, 0.25) is 0 Å². The maximum atomic E-state index is 12.6. The molecule has 0 radical (unpaired) electrons. The predicted molar refractivity (Wildman–Crippen MR) is 165 cm³/mol. The Hall–Kier alpha value is -4.05. The molecule has 4 heteroatoms. The van der Waals surface area contributed by atoms with Gasteiger partial charge in [0, 0.05) is 17.0 Å². The van der Waals surface area contributed by atoms with Crippen LogP contribution >= 0.6 is 0 Å². The minimum absolute atomic E-state index is 0.0967. The SMILES string of the molecule is C=CC1=CC=C(C/C=C\C(=O)C2CCC(c3cc(C)cc(C=O)c3)CC2)C=CC1.Cc1ccc2c(c1)OC(=O)C2C. The number of hydrogen-bond donors (Lipinski definition) is 0. The van der Waals surface area contributed by atoms with E-state index in [0.29, 0.717) is 5.92 Å². The van der Waals surface area contributed by atoms with Gasteiger partial charge in [0.1, 0.15) is 12.0 Å². The Bertz CT molecular complexity index is 1430. The third kappa shape index (κ3) is 8.00. The number of benzene rings is 2. The molecule has 1 unspecified atom stereocenters. The van der Waals surface area contributed by atoms with E-state index in [2.05, 4.69) is 36.9 Å². The van der Waals surface area contributed by atoms with Crippen LogP contribution in [0.4, 0.5) is 0 Å². The summed E-state index contributed by atoms with van der Waals surface area (Å²) in [4.78, 5) is 34.9. The number of allylic oxidation sites excluding steroid dienone is 9. The fraction of sp³-hybridized carbons (Fsp3) is 0.324. The van der Waals surface area contributed by atoms with Crippen LogP contribution in [-0.2, 0) is 9.59 Å². The average molecular weight is 549 g/mol. The van der Waals surface area contributed by atoms with Crippen molar-refractivity contribution in [3.05, 3.63) is 124 Å². The van der Waals surface area contributed by atoms with Crippen LogP contribution in [0.25, 0.3) is 0 Å². The Morgan fingerprint density at radius 1 is 1.02 bits per heavy atom. The van der Waals surface area contributed by atoms with Gasteiger partial charge in [0.15, 0.2) is 5.78 Å². The van der Waals surface area contributed by atoms with Crippen molar-refractivity contribution in [2.24, 2.45) is 5.92 Å². The Morgan fingerprint density at radius 2 is 1.80 bits per heavy atom. The maximum absolute atomic E-state index is 12.6. The summed E-state index contributed by atoms with van der Waals surface area (Å²) < 4.78 is 5.06. The summed E-state index contributed by atoms with van der Waals surface area (Å²) in [6.07, 6.45) is 20.6. The largest absolute Gasteiger partial charge is 0.426 e. The molecule has 1 aliphatic heterocycles. The Balaban J connectivity index is 0.000000267. The Kier molecular flexibility index (Phi) is 10.2. The van der Waals surface area contributed by atoms with Gasteiger partial charge in [-0.3, -0.25) is 14.4 Å². The Morgan fingerprint density at radius 3 is 2.54 bits per heavy atom. The number of aryl methyl sites for hydroxylation is 2. The van der Waals surface area contributed by atoms with Gasteiger partial charge in [-0.25, -0.2) is 0 Å². The summed E-state index contributed by atoms with van der Waals surface area (Å²) >= 11 is 0. The highest BCUT2D eigenvalue weighted by molar-refractivity contribution is 5.91. The summed E-state index contributed by atoms with van der Waals surface area (Å²) in [5.41, 5.74) is 7.66. The molecule has 212 valence electrons. The molecule has 0 spiro atoms. The van der Waals surface area contributed by atoms with Crippen LogP contribution in [0.5, 0.6) is 5.75 Å². The van der Waals surface area contributed by atoms with Crippen LogP contribution in [0, 0.1) is 19.8 Å². The molecular weight excluding hydrogens is 508 g/mol. The lowest BCUT2D eigenvalue weighted by Crippen LogP contribution is -2.19. The zero-order chi connectivity index (χ0) is 29.4. The molecule has 2 aromatic rings. The number of ether oxygens (including phenoxy) is 1.